The Hall–Kier alpha value is -1.12. The summed E-state index contributed by atoms with van der Waals surface area (Å²) in [7, 11) is 0. The molecule has 0 radical (unpaired) electrons. The van der Waals surface area contributed by atoms with Gasteiger partial charge in [0.25, 0.3) is 0 Å². The van der Waals surface area contributed by atoms with Crippen molar-refractivity contribution < 1.29 is 14.7 Å². The van der Waals surface area contributed by atoms with Gasteiger partial charge in [-0.1, -0.05) is 53.2 Å². The van der Waals surface area contributed by atoms with Gasteiger partial charge in [0.1, 0.15) is 5.78 Å². The molecule has 4 fully saturated rings. The third-order valence-electron chi connectivity index (χ3n) is 12.2. The van der Waals surface area contributed by atoms with E-state index in [0.717, 1.165) is 44.9 Å². The molecule has 3 heteroatoms. The lowest BCUT2D eigenvalue weighted by atomic mass is 9.35. The number of carbonyl (C=O) groups excluding carboxylic acids is 1. The quantitative estimate of drug-likeness (QED) is 0.451. The van der Waals surface area contributed by atoms with E-state index in [1.807, 2.05) is 0 Å². The predicted molar refractivity (Wildman–Crippen MR) is 127 cm³/mol. The second-order valence-corrected chi connectivity index (χ2v) is 13.9. The molecule has 4 saturated carbocycles. The Bertz CT molecular complexity index is 870. The van der Waals surface area contributed by atoms with E-state index in [0.29, 0.717) is 29.5 Å². The zero-order chi connectivity index (χ0) is 23.3. The van der Waals surface area contributed by atoms with Crippen molar-refractivity contribution in [3.05, 3.63) is 11.6 Å². The van der Waals surface area contributed by atoms with Crippen molar-refractivity contribution in [2.45, 2.75) is 99.3 Å². The summed E-state index contributed by atoms with van der Waals surface area (Å²) in [6.45, 7) is 14.4. The van der Waals surface area contributed by atoms with E-state index in [1.165, 1.54) is 12.8 Å². The molecule has 0 aromatic rings. The van der Waals surface area contributed by atoms with Gasteiger partial charge in [-0.15, -0.1) is 0 Å². The molecule has 32 heavy (non-hydrogen) atoms. The number of fused-ring (bicyclic) bond motifs is 7. The van der Waals surface area contributed by atoms with Crippen molar-refractivity contribution in [3.63, 3.8) is 0 Å². The maximum absolute atomic E-state index is 12.6. The van der Waals surface area contributed by atoms with Crippen molar-refractivity contribution in [1.29, 1.82) is 0 Å². The summed E-state index contributed by atoms with van der Waals surface area (Å²) < 4.78 is 0. The van der Waals surface area contributed by atoms with E-state index >= 15 is 0 Å². The molecule has 178 valence electrons. The highest BCUT2D eigenvalue weighted by atomic mass is 16.4. The SMILES string of the molecule is CC1C(=O)CCC2(C)C1CCC1(C)C2CC=C2C3CC(C)(C)C[C@@H](C(=O)O)C3CCC21C. The van der Waals surface area contributed by atoms with Crippen LogP contribution in [0.2, 0.25) is 0 Å². The summed E-state index contributed by atoms with van der Waals surface area (Å²) in [4.78, 5) is 24.8. The maximum Gasteiger partial charge on any atom is 0.306 e. The largest absolute Gasteiger partial charge is 0.481 e. The van der Waals surface area contributed by atoms with Crippen molar-refractivity contribution in [2.24, 2.45) is 57.2 Å². The molecule has 8 unspecified atom stereocenters. The van der Waals surface area contributed by atoms with Crippen LogP contribution in [0, 0.1) is 57.2 Å². The summed E-state index contributed by atoms with van der Waals surface area (Å²) in [6, 6.07) is 0. The van der Waals surface area contributed by atoms with Crippen LogP contribution in [0.15, 0.2) is 11.6 Å². The third kappa shape index (κ3) is 2.84. The molecular weight excluding hydrogens is 396 g/mol. The van der Waals surface area contributed by atoms with Gasteiger partial charge in [-0.2, -0.15) is 0 Å². The second-order valence-electron chi connectivity index (χ2n) is 13.9. The van der Waals surface area contributed by atoms with Crippen LogP contribution in [0.5, 0.6) is 0 Å². The van der Waals surface area contributed by atoms with Gasteiger partial charge in [0.2, 0.25) is 0 Å². The number of ketones is 1. The Morgan fingerprint density at radius 3 is 2.44 bits per heavy atom. The zero-order valence-corrected chi connectivity index (χ0v) is 21.2. The molecule has 0 saturated heterocycles. The summed E-state index contributed by atoms with van der Waals surface area (Å²) in [5, 5.41) is 10.1. The average Bonchev–Trinajstić information content (AvgIpc) is 2.70. The van der Waals surface area contributed by atoms with Gasteiger partial charge >= 0.3 is 5.97 Å². The predicted octanol–water partition coefficient (Wildman–Crippen LogP) is 6.91. The van der Waals surface area contributed by atoms with Crippen LogP contribution in [0.4, 0.5) is 0 Å². The van der Waals surface area contributed by atoms with Gasteiger partial charge in [0.15, 0.2) is 0 Å². The minimum Gasteiger partial charge on any atom is -0.481 e. The molecular formula is C29H44O3. The number of hydrogen-bond donors (Lipinski definition) is 1. The first kappa shape index (κ1) is 22.7. The highest BCUT2D eigenvalue weighted by molar-refractivity contribution is 5.82. The molecule has 0 aliphatic heterocycles. The lowest BCUT2D eigenvalue weighted by Gasteiger charge is -2.69. The fraction of sp³-hybridized carbons (Fsp3) is 0.862. The molecule has 0 bridgehead atoms. The molecule has 5 aliphatic rings. The van der Waals surface area contributed by atoms with Crippen LogP contribution in [0.1, 0.15) is 99.3 Å². The smallest absolute Gasteiger partial charge is 0.306 e. The summed E-state index contributed by atoms with van der Waals surface area (Å²) in [5.41, 5.74) is 2.36. The van der Waals surface area contributed by atoms with E-state index in [1.54, 1.807) is 5.57 Å². The second kappa shape index (κ2) is 6.95. The van der Waals surface area contributed by atoms with Gasteiger partial charge in [-0.25, -0.2) is 0 Å². The number of aliphatic carboxylic acids is 1. The number of carboxylic acids is 1. The first-order valence-corrected chi connectivity index (χ1v) is 13.3. The molecule has 1 N–H and O–H groups in total. The number of hydrogen-bond acceptors (Lipinski definition) is 2. The Morgan fingerprint density at radius 2 is 1.75 bits per heavy atom. The first-order chi connectivity index (χ1) is 14.8. The Kier molecular flexibility index (Phi) is 4.92. The van der Waals surface area contributed by atoms with Crippen LogP contribution in [-0.4, -0.2) is 16.9 Å². The number of Topliss-reactive ketones (excluding diaryl/α,β-unsaturated/α-hetero) is 1. The van der Waals surface area contributed by atoms with Crippen molar-refractivity contribution in [2.75, 3.05) is 0 Å². The van der Waals surface area contributed by atoms with Crippen LogP contribution in [-0.2, 0) is 9.59 Å². The Labute approximate surface area is 194 Å². The van der Waals surface area contributed by atoms with Gasteiger partial charge in [0.05, 0.1) is 5.92 Å². The minimum atomic E-state index is -0.578. The van der Waals surface area contributed by atoms with Gasteiger partial charge in [-0.3, -0.25) is 9.59 Å². The first-order valence-electron chi connectivity index (χ1n) is 13.3. The minimum absolute atomic E-state index is 0.0872. The highest BCUT2D eigenvalue weighted by Crippen LogP contribution is 2.73. The van der Waals surface area contributed by atoms with Crippen LogP contribution in [0.3, 0.4) is 0 Å². The van der Waals surface area contributed by atoms with Crippen LogP contribution >= 0.6 is 0 Å². The summed E-state index contributed by atoms with van der Waals surface area (Å²) in [6.07, 6.45) is 12.1. The molecule has 0 aromatic carbocycles. The number of rotatable bonds is 1. The molecule has 5 aliphatic carbocycles. The van der Waals surface area contributed by atoms with E-state index in [9.17, 15) is 14.7 Å². The van der Waals surface area contributed by atoms with Crippen LogP contribution in [0.25, 0.3) is 0 Å². The van der Waals surface area contributed by atoms with Crippen LogP contribution < -0.4 is 0 Å². The lowest BCUT2D eigenvalue weighted by molar-refractivity contribution is -0.171. The zero-order valence-electron chi connectivity index (χ0n) is 21.2. The molecule has 0 heterocycles. The van der Waals surface area contributed by atoms with Crippen molar-refractivity contribution in [3.8, 4) is 0 Å². The van der Waals surface area contributed by atoms with E-state index in [4.69, 9.17) is 0 Å². The highest BCUT2D eigenvalue weighted by Gasteiger charge is 2.66. The van der Waals surface area contributed by atoms with E-state index in [2.05, 4.69) is 47.6 Å². The van der Waals surface area contributed by atoms with Crippen molar-refractivity contribution in [1.82, 2.24) is 0 Å². The van der Waals surface area contributed by atoms with Gasteiger partial charge in [-0.05, 0) is 96.7 Å². The average molecular weight is 441 g/mol. The monoisotopic (exact) mass is 440 g/mol. The summed E-state index contributed by atoms with van der Waals surface area (Å²) >= 11 is 0. The Morgan fingerprint density at radius 1 is 1.03 bits per heavy atom. The topological polar surface area (TPSA) is 54.4 Å². The summed E-state index contributed by atoms with van der Waals surface area (Å²) in [5.74, 6) is 1.81. The number of allylic oxidation sites excluding steroid dienone is 2. The molecule has 3 nitrogen and oxygen atoms in total. The number of carbonyl (C=O) groups is 2. The lowest BCUT2D eigenvalue weighted by Crippen LogP contribution is -2.62. The normalized spacial score (nSPS) is 52.1. The van der Waals surface area contributed by atoms with E-state index in [-0.39, 0.29) is 33.5 Å². The molecule has 5 rings (SSSR count). The standard InChI is InChI=1S/C29H44O3/c1-17-21-10-14-29(6)24(27(21,4)12-11-23(17)30)8-7-22-19-15-26(2,3)16-20(25(31)32)18(19)9-13-28(22,29)5/h7,17-21,24H,8-16H2,1-6H3,(H,31,32)/t17?,18?,19?,20-,21?,24?,27?,28?,29?/m1/s1. The van der Waals surface area contributed by atoms with E-state index < -0.39 is 5.97 Å². The molecule has 0 amide bonds. The Balaban J connectivity index is 1.56. The fourth-order valence-corrected chi connectivity index (χ4v) is 10.3. The maximum atomic E-state index is 12.6. The van der Waals surface area contributed by atoms with Crippen molar-refractivity contribution >= 4 is 11.8 Å². The van der Waals surface area contributed by atoms with Gasteiger partial charge < -0.3 is 5.11 Å². The fourth-order valence-electron chi connectivity index (χ4n) is 10.3. The number of carboxylic acid groups (broad SMARTS) is 1. The molecule has 9 atom stereocenters. The van der Waals surface area contributed by atoms with Gasteiger partial charge in [0, 0.05) is 12.3 Å². The third-order valence-corrected chi connectivity index (χ3v) is 12.2. The molecule has 0 spiro atoms. The molecule has 0 aromatic heterocycles.